The molecule has 0 saturated heterocycles. The Morgan fingerprint density at radius 2 is 1.89 bits per heavy atom. The number of ether oxygens (including phenoxy) is 1. The normalized spacial score (nSPS) is 11.9. The summed E-state index contributed by atoms with van der Waals surface area (Å²) in [5.41, 5.74) is 1.85. The predicted molar refractivity (Wildman–Crippen MR) is 113 cm³/mol. The smallest absolute Gasteiger partial charge is 0.358 e. The summed E-state index contributed by atoms with van der Waals surface area (Å²) in [5, 5.41) is 11.1. The summed E-state index contributed by atoms with van der Waals surface area (Å²) in [4.78, 5) is 29.2. The van der Waals surface area contributed by atoms with E-state index in [1.54, 1.807) is 23.6 Å². The van der Waals surface area contributed by atoms with E-state index in [4.69, 9.17) is 4.74 Å². The van der Waals surface area contributed by atoms with E-state index in [0.717, 1.165) is 21.3 Å². The Kier molecular flexibility index (Phi) is 5.18. The summed E-state index contributed by atoms with van der Waals surface area (Å²) < 4.78 is 5.31. The number of aromatic nitrogens is 1. The van der Waals surface area contributed by atoms with Gasteiger partial charge in [-0.25, -0.2) is 9.78 Å². The first-order chi connectivity index (χ1) is 13.6. The SMILES string of the molecule is CC(OC(=O)c1csc(-c2ccsc2)n1)C(=O)Nc1cccc2ccccc12. The van der Waals surface area contributed by atoms with Gasteiger partial charge in [0.2, 0.25) is 0 Å². The number of hydrogen-bond donors (Lipinski definition) is 1. The first kappa shape index (κ1) is 18.3. The summed E-state index contributed by atoms with van der Waals surface area (Å²) >= 11 is 2.94. The van der Waals surface area contributed by atoms with E-state index in [0.29, 0.717) is 5.69 Å². The van der Waals surface area contributed by atoms with Crippen molar-refractivity contribution in [3.63, 3.8) is 0 Å². The lowest BCUT2D eigenvalue weighted by molar-refractivity contribution is -0.123. The summed E-state index contributed by atoms with van der Waals surface area (Å²) in [6, 6.07) is 15.4. The number of nitrogens with one attached hydrogen (secondary N) is 1. The van der Waals surface area contributed by atoms with Crippen LogP contribution < -0.4 is 5.32 Å². The lowest BCUT2D eigenvalue weighted by atomic mass is 10.1. The molecule has 5 nitrogen and oxygen atoms in total. The Labute approximate surface area is 169 Å². The molecule has 1 unspecified atom stereocenters. The van der Waals surface area contributed by atoms with E-state index >= 15 is 0 Å². The average Bonchev–Trinajstić information content (AvgIpc) is 3.40. The minimum Gasteiger partial charge on any atom is -0.448 e. The Balaban J connectivity index is 1.43. The summed E-state index contributed by atoms with van der Waals surface area (Å²) in [6.07, 6.45) is -0.947. The fourth-order valence-corrected chi connectivity index (χ4v) is 4.23. The molecule has 2 aromatic carbocycles. The topological polar surface area (TPSA) is 68.3 Å². The molecule has 0 aliphatic carbocycles. The molecule has 4 rings (SSSR count). The van der Waals surface area contributed by atoms with Crippen LogP contribution in [0.25, 0.3) is 21.3 Å². The van der Waals surface area contributed by atoms with Crippen LogP contribution in [0.5, 0.6) is 0 Å². The Hall–Kier alpha value is -3.03. The molecule has 4 aromatic rings. The van der Waals surface area contributed by atoms with Gasteiger partial charge in [-0.15, -0.1) is 11.3 Å². The van der Waals surface area contributed by atoms with Gasteiger partial charge in [0.05, 0.1) is 0 Å². The first-order valence-electron chi connectivity index (χ1n) is 8.59. The van der Waals surface area contributed by atoms with E-state index in [9.17, 15) is 9.59 Å². The van der Waals surface area contributed by atoms with Crippen LogP contribution in [0.1, 0.15) is 17.4 Å². The van der Waals surface area contributed by atoms with E-state index < -0.39 is 18.0 Å². The molecule has 0 saturated carbocycles. The molecule has 1 amide bonds. The minimum atomic E-state index is -0.947. The van der Waals surface area contributed by atoms with Gasteiger partial charge < -0.3 is 10.1 Å². The first-order valence-corrected chi connectivity index (χ1v) is 10.4. The number of fused-ring (bicyclic) bond motifs is 1. The van der Waals surface area contributed by atoms with Crippen LogP contribution >= 0.6 is 22.7 Å². The van der Waals surface area contributed by atoms with Crippen LogP contribution in [-0.4, -0.2) is 23.0 Å². The molecule has 140 valence electrons. The van der Waals surface area contributed by atoms with Crippen molar-refractivity contribution in [1.82, 2.24) is 4.98 Å². The molecule has 0 fully saturated rings. The second-order valence-electron chi connectivity index (χ2n) is 6.11. The van der Waals surface area contributed by atoms with Gasteiger partial charge in [0.25, 0.3) is 5.91 Å². The summed E-state index contributed by atoms with van der Waals surface area (Å²) in [7, 11) is 0. The third kappa shape index (κ3) is 3.81. The molecule has 1 atom stereocenters. The number of carbonyl (C=O) groups is 2. The Morgan fingerprint density at radius 1 is 1.07 bits per heavy atom. The molecule has 2 heterocycles. The van der Waals surface area contributed by atoms with Crippen molar-refractivity contribution >= 4 is 51.0 Å². The highest BCUT2D eigenvalue weighted by atomic mass is 32.1. The maximum absolute atomic E-state index is 12.5. The monoisotopic (exact) mass is 408 g/mol. The number of thiophene rings is 1. The zero-order valence-corrected chi connectivity index (χ0v) is 16.5. The maximum Gasteiger partial charge on any atom is 0.358 e. The second-order valence-corrected chi connectivity index (χ2v) is 7.75. The molecule has 0 aliphatic heterocycles. The highest BCUT2D eigenvalue weighted by molar-refractivity contribution is 7.14. The second kappa shape index (κ2) is 7.92. The predicted octanol–water partition coefficient (Wildman–Crippen LogP) is 5.21. The van der Waals surface area contributed by atoms with Crippen molar-refractivity contribution in [2.45, 2.75) is 13.0 Å². The molecule has 2 aromatic heterocycles. The number of thiazole rings is 1. The maximum atomic E-state index is 12.5. The van der Waals surface area contributed by atoms with Gasteiger partial charge in [0.1, 0.15) is 5.01 Å². The Morgan fingerprint density at radius 3 is 2.71 bits per heavy atom. The van der Waals surface area contributed by atoms with Gasteiger partial charge >= 0.3 is 5.97 Å². The van der Waals surface area contributed by atoms with Crippen molar-refractivity contribution < 1.29 is 14.3 Å². The van der Waals surface area contributed by atoms with Gasteiger partial charge in [-0.3, -0.25) is 4.79 Å². The molecule has 0 aliphatic rings. The lowest BCUT2D eigenvalue weighted by Crippen LogP contribution is -2.30. The molecule has 28 heavy (non-hydrogen) atoms. The standard InChI is InChI=1S/C21H16N2O3S2/c1-13(19(24)22-17-8-4-6-14-5-2-3-7-16(14)17)26-21(25)18-12-28-20(23-18)15-9-10-27-11-15/h2-13H,1H3,(H,22,24). The summed E-state index contributed by atoms with van der Waals surface area (Å²) in [6.45, 7) is 1.55. The van der Waals surface area contributed by atoms with Gasteiger partial charge in [-0.1, -0.05) is 36.4 Å². The van der Waals surface area contributed by atoms with E-state index in [2.05, 4.69) is 10.3 Å². The molecular formula is C21H16N2O3S2. The van der Waals surface area contributed by atoms with Crippen molar-refractivity contribution in [1.29, 1.82) is 0 Å². The van der Waals surface area contributed by atoms with E-state index in [-0.39, 0.29) is 5.69 Å². The van der Waals surface area contributed by atoms with Gasteiger partial charge in [-0.05, 0) is 29.8 Å². The lowest BCUT2D eigenvalue weighted by Gasteiger charge is -2.14. The molecule has 0 spiro atoms. The molecule has 1 N–H and O–H groups in total. The average molecular weight is 409 g/mol. The van der Waals surface area contributed by atoms with E-state index in [1.807, 2.05) is 59.3 Å². The molecule has 0 radical (unpaired) electrons. The van der Waals surface area contributed by atoms with Crippen LogP contribution in [0, 0.1) is 0 Å². The number of esters is 1. The van der Waals surface area contributed by atoms with Gasteiger partial charge in [-0.2, -0.15) is 11.3 Å². The number of anilines is 1. The largest absolute Gasteiger partial charge is 0.448 e. The number of nitrogens with zero attached hydrogens (tertiary/aromatic N) is 1. The van der Waals surface area contributed by atoms with Crippen LogP contribution in [0.3, 0.4) is 0 Å². The van der Waals surface area contributed by atoms with Crippen molar-refractivity contribution in [3.8, 4) is 10.6 Å². The fraction of sp³-hybridized carbons (Fsp3) is 0.0952. The van der Waals surface area contributed by atoms with Gasteiger partial charge in [0.15, 0.2) is 11.8 Å². The zero-order chi connectivity index (χ0) is 19.5. The minimum absolute atomic E-state index is 0.205. The number of amides is 1. The quantitative estimate of drug-likeness (QED) is 0.460. The number of carbonyl (C=O) groups excluding carboxylic acids is 2. The van der Waals surface area contributed by atoms with Crippen molar-refractivity contribution in [2.24, 2.45) is 0 Å². The molecule has 7 heteroatoms. The Bertz CT molecular complexity index is 1130. The third-order valence-corrected chi connectivity index (χ3v) is 5.76. The van der Waals surface area contributed by atoms with Crippen LogP contribution in [-0.2, 0) is 9.53 Å². The highest BCUT2D eigenvalue weighted by Crippen LogP contribution is 2.26. The molecule has 0 bridgehead atoms. The van der Waals surface area contributed by atoms with Crippen LogP contribution in [0.15, 0.2) is 64.7 Å². The highest BCUT2D eigenvalue weighted by Gasteiger charge is 2.21. The van der Waals surface area contributed by atoms with Crippen molar-refractivity contribution in [2.75, 3.05) is 5.32 Å². The third-order valence-electron chi connectivity index (χ3n) is 4.18. The van der Waals surface area contributed by atoms with Crippen molar-refractivity contribution in [3.05, 3.63) is 70.4 Å². The van der Waals surface area contributed by atoms with E-state index in [1.165, 1.54) is 11.3 Å². The number of rotatable bonds is 5. The summed E-state index contributed by atoms with van der Waals surface area (Å²) in [5.74, 6) is -1.00. The number of hydrogen-bond acceptors (Lipinski definition) is 6. The number of benzene rings is 2. The fourth-order valence-electron chi connectivity index (χ4n) is 2.73. The van der Waals surface area contributed by atoms with Crippen LogP contribution in [0.2, 0.25) is 0 Å². The zero-order valence-electron chi connectivity index (χ0n) is 14.9. The molecular weight excluding hydrogens is 392 g/mol. The van der Waals surface area contributed by atoms with Gasteiger partial charge in [0, 0.05) is 27.4 Å². The van der Waals surface area contributed by atoms with Crippen LogP contribution in [0.4, 0.5) is 5.69 Å².